The number of alkyl halides is 3. The monoisotopic (exact) mass is 269 g/mol. The molecular weight excluding hydrogens is 259 g/mol. The summed E-state index contributed by atoms with van der Waals surface area (Å²) in [5.41, 5.74) is -0.140. The molecule has 0 spiro atoms. The third-order valence-electron chi connectivity index (χ3n) is 3.52. The van der Waals surface area contributed by atoms with Crippen LogP contribution < -0.4 is 0 Å². The number of hydrogen-bond donors (Lipinski definition) is 1. The van der Waals surface area contributed by atoms with Crippen LogP contribution in [0.2, 0.25) is 0 Å². The average Bonchev–Trinajstić information content (AvgIpc) is 2.84. The zero-order chi connectivity index (χ0) is 13.8. The van der Waals surface area contributed by atoms with E-state index in [0.29, 0.717) is 23.9 Å². The first kappa shape index (κ1) is 12.1. The van der Waals surface area contributed by atoms with E-state index in [1.54, 1.807) is 12.1 Å². The summed E-state index contributed by atoms with van der Waals surface area (Å²) in [6.07, 6.45) is -3.66. The van der Waals surface area contributed by atoms with Crippen LogP contribution in [0, 0.1) is 0 Å². The van der Waals surface area contributed by atoms with E-state index in [0.717, 1.165) is 6.07 Å². The number of aliphatic carboxylic acids is 1. The summed E-state index contributed by atoms with van der Waals surface area (Å²) < 4.78 is 40.4. The van der Waals surface area contributed by atoms with E-state index in [-0.39, 0.29) is 5.52 Å². The van der Waals surface area contributed by atoms with Crippen LogP contribution >= 0.6 is 0 Å². The van der Waals surface area contributed by atoms with Crippen molar-refractivity contribution in [1.82, 2.24) is 4.57 Å². The molecule has 0 fully saturated rings. The van der Waals surface area contributed by atoms with Gasteiger partial charge in [-0.05, 0) is 25.0 Å². The van der Waals surface area contributed by atoms with Gasteiger partial charge < -0.3 is 9.67 Å². The number of rotatable bonds is 1. The number of aryl methyl sites for hydroxylation is 1. The first-order chi connectivity index (χ1) is 8.89. The smallest absolute Gasteiger partial charge is 0.418 e. The van der Waals surface area contributed by atoms with Crippen LogP contribution in [0.4, 0.5) is 13.2 Å². The molecule has 19 heavy (non-hydrogen) atoms. The molecule has 3 nitrogen and oxygen atoms in total. The molecule has 1 atom stereocenters. The quantitative estimate of drug-likeness (QED) is 0.863. The molecule has 0 bridgehead atoms. The molecule has 0 saturated heterocycles. The number of nitrogens with zero attached hydrogens (tertiary/aromatic N) is 1. The van der Waals surface area contributed by atoms with Crippen LogP contribution in [0.3, 0.4) is 0 Å². The maximum absolute atomic E-state index is 13.0. The Labute approximate surface area is 106 Å². The van der Waals surface area contributed by atoms with Gasteiger partial charge in [-0.15, -0.1) is 0 Å². The van der Waals surface area contributed by atoms with E-state index in [9.17, 15) is 18.0 Å². The first-order valence-electron chi connectivity index (χ1n) is 5.82. The molecule has 1 N–H and O–H groups in total. The van der Waals surface area contributed by atoms with Crippen LogP contribution in [-0.4, -0.2) is 15.6 Å². The van der Waals surface area contributed by atoms with Crippen molar-refractivity contribution in [2.24, 2.45) is 0 Å². The lowest BCUT2D eigenvalue weighted by molar-refractivity contribution is -0.141. The maximum Gasteiger partial charge on any atom is 0.418 e. The Hall–Kier alpha value is -1.98. The topological polar surface area (TPSA) is 42.2 Å². The lowest BCUT2D eigenvalue weighted by atomic mass is 10.1. The van der Waals surface area contributed by atoms with E-state index >= 15 is 0 Å². The molecule has 0 radical (unpaired) electrons. The molecule has 6 heteroatoms. The maximum atomic E-state index is 13.0. The van der Waals surface area contributed by atoms with E-state index in [4.69, 9.17) is 5.11 Å². The number of benzene rings is 1. The second kappa shape index (κ2) is 3.76. The SMILES string of the molecule is O=C(O)C1CCc2cc3cccc(C(F)(F)F)c3n21. The zero-order valence-corrected chi connectivity index (χ0v) is 9.74. The van der Waals surface area contributed by atoms with Gasteiger partial charge in [0.25, 0.3) is 0 Å². The van der Waals surface area contributed by atoms with Crippen molar-refractivity contribution < 1.29 is 23.1 Å². The number of halogens is 3. The van der Waals surface area contributed by atoms with Gasteiger partial charge in [0.05, 0.1) is 11.1 Å². The summed E-state index contributed by atoms with van der Waals surface area (Å²) in [7, 11) is 0. The van der Waals surface area contributed by atoms with Crippen LogP contribution in [0.15, 0.2) is 24.3 Å². The Bertz CT molecular complexity index is 672. The van der Waals surface area contributed by atoms with Gasteiger partial charge >= 0.3 is 12.1 Å². The van der Waals surface area contributed by atoms with Gasteiger partial charge in [-0.3, -0.25) is 0 Å². The standard InChI is InChI=1S/C13H10F3NO2/c14-13(15,16)9-3-1-2-7-6-8-4-5-10(12(18)19)17(8)11(7)9/h1-3,6,10H,4-5H2,(H,18,19). The van der Waals surface area contributed by atoms with E-state index in [2.05, 4.69) is 0 Å². The zero-order valence-electron chi connectivity index (χ0n) is 9.74. The third kappa shape index (κ3) is 1.70. The van der Waals surface area contributed by atoms with E-state index in [1.165, 1.54) is 10.6 Å². The Morgan fingerprint density at radius 3 is 2.74 bits per heavy atom. The van der Waals surface area contributed by atoms with Gasteiger partial charge in [0.1, 0.15) is 6.04 Å². The van der Waals surface area contributed by atoms with Crippen molar-refractivity contribution in [3.8, 4) is 0 Å². The summed E-state index contributed by atoms with van der Waals surface area (Å²) in [5.74, 6) is -1.09. The second-order valence-corrected chi connectivity index (χ2v) is 4.64. The largest absolute Gasteiger partial charge is 0.480 e. The molecule has 100 valence electrons. The Kier molecular flexibility index (Phi) is 2.39. The molecule has 1 aromatic carbocycles. The van der Waals surface area contributed by atoms with Crippen molar-refractivity contribution in [2.45, 2.75) is 25.1 Å². The van der Waals surface area contributed by atoms with Crippen molar-refractivity contribution in [3.05, 3.63) is 35.5 Å². The number of carbonyl (C=O) groups is 1. The van der Waals surface area contributed by atoms with Crippen molar-refractivity contribution >= 4 is 16.9 Å². The minimum atomic E-state index is -4.49. The van der Waals surface area contributed by atoms with Crippen molar-refractivity contribution in [1.29, 1.82) is 0 Å². The fraction of sp³-hybridized carbons (Fsp3) is 0.308. The van der Waals surface area contributed by atoms with Crippen LogP contribution in [-0.2, 0) is 17.4 Å². The molecule has 2 aromatic rings. The van der Waals surface area contributed by atoms with Gasteiger partial charge in [-0.1, -0.05) is 12.1 Å². The predicted octanol–water partition coefficient (Wildman–Crippen LogP) is 3.23. The Morgan fingerprint density at radius 2 is 2.11 bits per heavy atom. The molecular formula is C13H10F3NO2. The molecule has 1 unspecified atom stereocenters. The molecule has 1 aliphatic rings. The summed E-state index contributed by atoms with van der Waals surface area (Å²) in [6, 6.07) is 4.65. The Morgan fingerprint density at radius 1 is 1.37 bits per heavy atom. The normalized spacial score (nSPS) is 18.8. The third-order valence-corrected chi connectivity index (χ3v) is 3.52. The summed E-state index contributed by atoms with van der Waals surface area (Å²) in [4.78, 5) is 11.2. The fourth-order valence-corrected chi connectivity index (χ4v) is 2.76. The minimum absolute atomic E-state index is 0.0186. The van der Waals surface area contributed by atoms with Crippen LogP contribution in [0.5, 0.6) is 0 Å². The lowest BCUT2D eigenvalue weighted by Gasteiger charge is -2.14. The number of aromatic nitrogens is 1. The van der Waals surface area contributed by atoms with Gasteiger partial charge in [0, 0.05) is 11.1 Å². The van der Waals surface area contributed by atoms with E-state index < -0.39 is 23.8 Å². The predicted molar refractivity (Wildman–Crippen MR) is 61.9 cm³/mol. The second-order valence-electron chi connectivity index (χ2n) is 4.64. The number of para-hydroxylation sites is 1. The molecule has 2 heterocycles. The van der Waals surface area contributed by atoms with Crippen molar-refractivity contribution in [3.63, 3.8) is 0 Å². The summed E-state index contributed by atoms with van der Waals surface area (Å²) in [6.45, 7) is 0. The van der Waals surface area contributed by atoms with Gasteiger partial charge in [0.2, 0.25) is 0 Å². The highest BCUT2D eigenvalue weighted by Gasteiger charge is 2.37. The lowest BCUT2D eigenvalue weighted by Crippen LogP contribution is -2.17. The highest BCUT2D eigenvalue weighted by molar-refractivity contribution is 5.88. The summed E-state index contributed by atoms with van der Waals surface area (Å²) in [5, 5.41) is 9.57. The molecule has 0 aliphatic carbocycles. The molecule has 1 aliphatic heterocycles. The van der Waals surface area contributed by atoms with Crippen LogP contribution in [0.25, 0.3) is 10.9 Å². The van der Waals surface area contributed by atoms with E-state index in [1.807, 2.05) is 0 Å². The van der Waals surface area contributed by atoms with Crippen LogP contribution in [0.1, 0.15) is 23.7 Å². The first-order valence-corrected chi connectivity index (χ1v) is 5.82. The molecule has 0 saturated carbocycles. The van der Waals surface area contributed by atoms with Gasteiger partial charge in [0.15, 0.2) is 0 Å². The fourth-order valence-electron chi connectivity index (χ4n) is 2.76. The van der Waals surface area contributed by atoms with Crippen molar-refractivity contribution in [2.75, 3.05) is 0 Å². The van der Waals surface area contributed by atoms with Gasteiger partial charge in [-0.25, -0.2) is 4.79 Å². The Balaban J connectivity index is 2.34. The number of carboxylic acids is 1. The number of hydrogen-bond acceptors (Lipinski definition) is 1. The molecule has 1 aromatic heterocycles. The highest BCUT2D eigenvalue weighted by atomic mass is 19.4. The molecule has 0 amide bonds. The number of carboxylic acid groups (broad SMARTS) is 1. The summed E-state index contributed by atoms with van der Waals surface area (Å²) >= 11 is 0. The number of fused-ring (bicyclic) bond motifs is 3. The van der Waals surface area contributed by atoms with Gasteiger partial charge in [-0.2, -0.15) is 13.2 Å². The average molecular weight is 269 g/mol. The molecule has 3 rings (SSSR count). The minimum Gasteiger partial charge on any atom is -0.480 e. The highest BCUT2D eigenvalue weighted by Crippen LogP contribution is 2.40.